The van der Waals surface area contributed by atoms with Gasteiger partial charge in [-0.2, -0.15) is 0 Å². The van der Waals surface area contributed by atoms with Crippen LogP contribution in [-0.4, -0.2) is 20.5 Å². The van der Waals surface area contributed by atoms with E-state index in [1.54, 1.807) is 38.3 Å². The predicted octanol–water partition coefficient (Wildman–Crippen LogP) is 2.64. The predicted molar refractivity (Wildman–Crippen MR) is 84.8 cm³/mol. The van der Waals surface area contributed by atoms with Gasteiger partial charge >= 0.3 is 0 Å². The molecule has 0 bridgehead atoms. The lowest BCUT2D eigenvalue weighted by Gasteiger charge is -2.15. The number of nitrogens with zero attached hydrogens (tertiary/aromatic N) is 1. The Bertz CT molecular complexity index is 786. The van der Waals surface area contributed by atoms with Crippen LogP contribution >= 0.6 is 0 Å². The number of methoxy groups -OCH3 is 1. The molecule has 0 heterocycles. The largest absolute Gasteiger partial charge is 0.497 e. The molecule has 0 fully saturated rings. The first-order valence-electron chi connectivity index (χ1n) is 6.74. The van der Waals surface area contributed by atoms with Crippen LogP contribution in [0.25, 0.3) is 0 Å². The second-order valence-corrected chi connectivity index (χ2v) is 6.58. The highest BCUT2D eigenvalue weighted by Gasteiger charge is 2.19. The smallest absolute Gasteiger partial charge is 0.269 e. The van der Waals surface area contributed by atoms with Crippen LogP contribution in [0.3, 0.4) is 0 Å². The number of hydrogen-bond donors (Lipinski definition) is 1. The Kier molecular flexibility index (Phi) is 4.97. The van der Waals surface area contributed by atoms with E-state index >= 15 is 0 Å². The van der Waals surface area contributed by atoms with Gasteiger partial charge in [0.15, 0.2) is 0 Å². The van der Waals surface area contributed by atoms with Crippen molar-refractivity contribution in [1.29, 1.82) is 0 Å². The van der Waals surface area contributed by atoms with Crippen LogP contribution in [0.2, 0.25) is 0 Å². The summed E-state index contributed by atoms with van der Waals surface area (Å²) in [6, 6.07) is 11.3. The van der Waals surface area contributed by atoms with E-state index in [0.717, 1.165) is 17.7 Å². The summed E-state index contributed by atoms with van der Waals surface area (Å²) in [5.74, 6) is 0.680. The van der Waals surface area contributed by atoms with E-state index in [1.807, 2.05) is 0 Å². The molecule has 0 saturated carbocycles. The summed E-state index contributed by atoms with van der Waals surface area (Å²) in [5, 5.41) is 10.6. The number of sulfonamides is 1. The zero-order valence-corrected chi connectivity index (χ0v) is 13.4. The second-order valence-electron chi connectivity index (χ2n) is 4.87. The highest BCUT2D eigenvalue weighted by atomic mass is 32.2. The Morgan fingerprint density at radius 1 is 1.09 bits per heavy atom. The lowest BCUT2D eigenvalue weighted by Crippen LogP contribution is -2.26. The second kappa shape index (κ2) is 6.76. The fourth-order valence-corrected chi connectivity index (χ4v) is 3.24. The van der Waals surface area contributed by atoms with Gasteiger partial charge in [-0.15, -0.1) is 0 Å². The minimum absolute atomic E-state index is 0.0246. The molecule has 0 unspecified atom stereocenters. The summed E-state index contributed by atoms with van der Waals surface area (Å²) in [4.78, 5) is 10.0. The van der Waals surface area contributed by atoms with E-state index in [-0.39, 0.29) is 10.6 Å². The normalized spacial score (nSPS) is 12.6. The topological polar surface area (TPSA) is 98.5 Å². The summed E-state index contributed by atoms with van der Waals surface area (Å²) >= 11 is 0. The van der Waals surface area contributed by atoms with Crippen LogP contribution in [0.5, 0.6) is 5.75 Å². The number of rotatable bonds is 6. The number of nitro benzene ring substituents is 1. The van der Waals surface area contributed by atoms with Gasteiger partial charge in [-0.25, -0.2) is 13.1 Å². The summed E-state index contributed by atoms with van der Waals surface area (Å²) < 4.78 is 32.2. The highest BCUT2D eigenvalue weighted by Crippen LogP contribution is 2.21. The minimum atomic E-state index is -3.77. The van der Waals surface area contributed by atoms with Gasteiger partial charge in [0.05, 0.1) is 16.9 Å². The summed E-state index contributed by atoms with van der Waals surface area (Å²) in [6.07, 6.45) is 0. The van der Waals surface area contributed by atoms with Crippen LogP contribution in [0.15, 0.2) is 53.4 Å². The molecule has 0 amide bonds. The van der Waals surface area contributed by atoms with Crippen molar-refractivity contribution < 1.29 is 18.1 Å². The van der Waals surface area contributed by atoms with E-state index in [2.05, 4.69) is 4.72 Å². The molecule has 1 N–H and O–H groups in total. The van der Waals surface area contributed by atoms with Gasteiger partial charge < -0.3 is 4.74 Å². The van der Waals surface area contributed by atoms with Crippen molar-refractivity contribution >= 4 is 15.7 Å². The Morgan fingerprint density at radius 3 is 2.13 bits per heavy atom. The molecular weight excluding hydrogens is 320 g/mol. The zero-order valence-electron chi connectivity index (χ0n) is 12.6. The zero-order chi connectivity index (χ0) is 17.0. The maximum atomic E-state index is 12.3. The van der Waals surface area contributed by atoms with Gasteiger partial charge in [0.2, 0.25) is 10.0 Å². The first-order chi connectivity index (χ1) is 10.8. The molecule has 0 radical (unpaired) electrons. The average Bonchev–Trinajstić information content (AvgIpc) is 2.54. The van der Waals surface area contributed by atoms with Crippen LogP contribution < -0.4 is 9.46 Å². The van der Waals surface area contributed by atoms with Gasteiger partial charge in [0, 0.05) is 18.2 Å². The van der Waals surface area contributed by atoms with Crippen LogP contribution in [0.1, 0.15) is 18.5 Å². The van der Waals surface area contributed by atoms with E-state index < -0.39 is 21.0 Å². The Hall–Kier alpha value is -2.45. The summed E-state index contributed by atoms with van der Waals surface area (Å²) in [7, 11) is -2.22. The van der Waals surface area contributed by atoms with Crippen LogP contribution in [0, 0.1) is 10.1 Å². The maximum Gasteiger partial charge on any atom is 0.269 e. The Labute approximate surface area is 134 Å². The fraction of sp³-hybridized carbons (Fsp3) is 0.200. The molecule has 23 heavy (non-hydrogen) atoms. The molecule has 0 aliphatic rings. The molecule has 0 saturated heterocycles. The van der Waals surface area contributed by atoms with Crippen molar-refractivity contribution in [2.24, 2.45) is 0 Å². The number of ether oxygens (including phenoxy) is 1. The number of non-ortho nitro benzene ring substituents is 1. The van der Waals surface area contributed by atoms with Gasteiger partial charge in [0.25, 0.3) is 5.69 Å². The molecule has 0 aliphatic heterocycles. The van der Waals surface area contributed by atoms with Crippen molar-refractivity contribution in [1.82, 2.24) is 4.72 Å². The number of nitrogens with one attached hydrogen (secondary N) is 1. The Balaban J connectivity index is 2.17. The lowest BCUT2D eigenvalue weighted by molar-refractivity contribution is -0.384. The van der Waals surface area contributed by atoms with Crippen molar-refractivity contribution in [3.8, 4) is 5.75 Å². The molecule has 8 heteroatoms. The van der Waals surface area contributed by atoms with Crippen molar-refractivity contribution in [3.63, 3.8) is 0 Å². The summed E-state index contributed by atoms with van der Waals surface area (Å²) in [6.45, 7) is 1.71. The SMILES string of the molecule is COc1ccc([C@H](C)NS(=O)(=O)c2ccc([N+](=O)[O-])cc2)cc1. The Morgan fingerprint density at radius 2 is 1.65 bits per heavy atom. The first kappa shape index (κ1) is 16.9. The van der Waals surface area contributed by atoms with Gasteiger partial charge in [-0.1, -0.05) is 12.1 Å². The monoisotopic (exact) mass is 336 g/mol. The molecular formula is C15H16N2O5S. The standard InChI is InChI=1S/C15H16N2O5S/c1-11(12-3-7-14(22-2)8-4-12)16-23(20,21)15-9-5-13(6-10-15)17(18)19/h3-11,16H,1-2H3/t11-/m0/s1. The molecule has 0 aromatic heterocycles. The minimum Gasteiger partial charge on any atom is -0.497 e. The van der Waals surface area contributed by atoms with Gasteiger partial charge in [-0.05, 0) is 36.8 Å². The van der Waals surface area contributed by atoms with E-state index in [4.69, 9.17) is 4.74 Å². The lowest BCUT2D eigenvalue weighted by atomic mass is 10.1. The van der Waals surface area contributed by atoms with Gasteiger partial charge in [-0.3, -0.25) is 10.1 Å². The maximum absolute atomic E-state index is 12.3. The highest BCUT2D eigenvalue weighted by molar-refractivity contribution is 7.89. The van der Waals surface area contributed by atoms with E-state index in [1.165, 1.54) is 12.1 Å². The molecule has 7 nitrogen and oxygen atoms in total. The van der Waals surface area contributed by atoms with E-state index in [0.29, 0.717) is 5.75 Å². The quantitative estimate of drug-likeness (QED) is 0.646. The first-order valence-corrected chi connectivity index (χ1v) is 8.22. The molecule has 0 aliphatic carbocycles. The van der Waals surface area contributed by atoms with Crippen molar-refractivity contribution in [3.05, 3.63) is 64.2 Å². The number of nitro groups is 1. The molecule has 1 atom stereocenters. The van der Waals surface area contributed by atoms with E-state index in [9.17, 15) is 18.5 Å². The van der Waals surface area contributed by atoms with Crippen molar-refractivity contribution in [2.75, 3.05) is 7.11 Å². The summed E-state index contributed by atoms with van der Waals surface area (Å²) in [5.41, 5.74) is 0.614. The van der Waals surface area contributed by atoms with Gasteiger partial charge in [0.1, 0.15) is 5.75 Å². The molecule has 2 rings (SSSR count). The number of hydrogen-bond acceptors (Lipinski definition) is 5. The third-order valence-corrected chi connectivity index (χ3v) is 4.86. The molecule has 2 aromatic carbocycles. The average molecular weight is 336 g/mol. The molecule has 0 spiro atoms. The fourth-order valence-electron chi connectivity index (χ4n) is 2.01. The number of benzene rings is 2. The molecule has 122 valence electrons. The third kappa shape index (κ3) is 4.05. The third-order valence-electron chi connectivity index (χ3n) is 3.31. The van der Waals surface area contributed by atoms with Crippen LogP contribution in [-0.2, 0) is 10.0 Å². The molecule has 2 aromatic rings. The van der Waals surface area contributed by atoms with Crippen LogP contribution in [0.4, 0.5) is 5.69 Å². The van der Waals surface area contributed by atoms with Crippen molar-refractivity contribution in [2.45, 2.75) is 17.9 Å².